The summed E-state index contributed by atoms with van der Waals surface area (Å²) in [5, 5.41) is 31.2. The van der Waals surface area contributed by atoms with Crippen LogP contribution in [0.5, 0.6) is 0 Å². The third kappa shape index (κ3) is 10.9. The van der Waals surface area contributed by atoms with Crippen LogP contribution in [-0.4, -0.2) is 77.6 Å². The predicted molar refractivity (Wildman–Crippen MR) is 207 cm³/mol. The second-order valence-electron chi connectivity index (χ2n) is 11.9. The fourth-order valence-electron chi connectivity index (χ4n) is 4.96. The van der Waals surface area contributed by atoms with Crippen LogP contribution in [0, 0.1) is 0 Å². The molecule has 0 aliphatic rings. The lowest BCUT2D eigenvalue weighted by Crippen LogP contribution is -2.20. The Balaban J connectivity index is 0.000000205. The molecule has 0 bridgehead atoms. The van der Waals surface area contributed by atoms with Crippen molar-refractivity contribution in [2.75, 3.05) is 9.80 Å². The zero-order valence-corrected chi connectivity index (χ0v) is 33.1. The number of carbonyl (C=O) groups is 2. The first kappa shape index (κ1) is 43.2. The molecule has 0 aliphatic heterocycles. The van der Waals surface area contributed by atoms with Crippen molar-refractivity contribution in [1.82, 2.24) is 60.6 Å². The number of hydrogen-bond donors (Lipinski definition) is 2. The van der Waals surface area contributed by atoms with E-state index in [4.69, 9.17) is 12.2 Å². The highest BCUT2D eigenvalue weighted by atomic mass is 32.1. The predicted octanol–water partition coefficient (Wildman–Crippen LogP) is 6.90. The topological polar surface area (TPSA) is 268 Å². The maximum atomic E-state index is 12.7. The molecule has 63 heavy (non-hydrogen) atoms. The van der Waals surface area contributed by atoms with E-state index < -0.39 is 36.0 Å². The number of aromatic carboxylic acids is 1. The molecular formula is C35H25F6N15O5S2. The van der Waals surface area contributed by atoms with Gasteiger partial charge < -0.3 is 29.7 Å². The van der Waals surface area contributed by atoms with Crippen LogP contribution in [0.1, 0.15) is 51.3 Å². The number of primary amides is 1. The molecule has 8 heterocycles. The number of nitrogens with two attached hydrogens (primary N) is 1. The number of anilines is 4. The highest BCUT2D eigenvalue weighted by Gasteiger charge is 2.39. The van der Waals surface area contributed by atoms with Gasteiger partial charge in [0, 0.05) is 35.9 Å². The molecule has 324 valence electrons. The molecule has 0 aliphatic carbocycles. The van der Waals surface area contributed by atoms with E-state index in [1.807, 2.05) is 0 Å². The molecule has 1 amide bonds. The van der Waals surface area contributed by atoms with Crippen LogP contribution in [-0.2, 0) is 25.4 Å². The van der Waals surface area contributed by atoms with E-state index in [-0.39, 0.29) is 36.1 Å². The Morgan fingerprint density at radius 3 is 1.43 bits per heavy atom. The standard InChI is InChI=1S/C17H11F3N8O2S.C17H10F3N7O3S.CH4/c18-17(19,20)16-24-15(27-30-16)11-3-1-9(31-11)8-28(13-7-22-5-6-23-13)12-4-2-10(14(21)29)25-26-12;18-17(19,20)16-23-14(26-30-16)11-3-1-9(31-11)8-27(13-7-21-5-6-22-13)12-4-2-10(15(28)29)24-25-12;/h1-7H,8H2,(H2,21,29);1-7H,8H2,(H,28,29);1H4/i;;1D. The number of alkyl halides is 6. The highest BCUT2D eigenvalue weighted by molar-refractivity contribution is 7.15. The molecule has 0 aromatic carbocycles. The zero-order valence-electron chi connectivity index (χ0n) is 32.5. The molecular weight excluding hydrogens is 889 g/mol. The number of halogens is 6. The number of thiophene rings is 2. The summed E-state index contributed by atoms with van der Waals surface area (Å²) in [5.41, 5.74) is 4.97. The van der Waals surface area contributed by atoms with E-state index in [2.05, 4.69) is 69.7 Å². The van der Waals surface area contributed by atoms with Gasteiger partial charge in [-0.25, -0.2) is 14.8 Å². The Bertz CT molecular complexity index is 2590. The van der Waals surface area contributed by atoms with E-state index in [0.29, 0.717) is 37.9 Å². The van der Waals surface area contributed by atoms with E-state index in [9.17, 15) is 35.9 Å². The second-order valence-corrected chi connectivity index (χ2v) is 14.2. The Hall–Kier alpha value is -7.88. The van der Waals surface area contributed by atoms with Crippen molar-refractivity contribution in [1.29, 1.82) is 0 Å². The maximum absolute atomic E-state index is 12.7. The molecule has 20 nitrogen and oxygen atoms in total. The summed E-state index contributed by atoms with van der Waals surface area (Å²) in [6, 6.07) is 12.3. The molecule has 0 fully saturated rings. The largest absolute Gasteiger partial charge is 0.476 e. The van der Waals surface area contributed by atoms with Crippen LogP contribution in [0.4, 0.5) is 49.6 Å². The number of nitrogens with zero attached hydrogens (tertiary/aromatic N) is 14. The minimum absolute atomic E-state index is 0.00108. The number of aromatic nitrogens is 12. The first-order chi connectivity index (χ1) is 30.6. The molecule has 3 N–H and O–H groups in total. The van der Waals surface area contributed by atoms with E-state index >= 15 is 0 Å². The van der Waals surface area contributed by atoms with Gasteiger partial charge in [-0.05, 0) is 48.5 Å². The van der Waals surface area contributed by atoms with Crippen LogP contribution in [0.25, 0.3) is 21.4 Å². The fraction of sp³-hybridized carbons (Fsp3) is 0.143. The average Bonchev–Trinajstić information content (AvgIpc) is 4.14. The lowest BCUT2D eigenvalue weighted by atomic mass is 10.3. The van der Waals surface area contributed by atoms with Gasteiger partial charge in [-0.1, -0.05) is 17.7 Å². The lowest BCUT2D eigenvalue weighted by molar-refractivity contribution is -0.160. The third-order valence-electron chi connectivity index (χ3n) is 7.71. The quantitative estimate of drug-likeness (QED) is 0.118. The van der Waals surface area contributed by atoms with Crippen LogP contribution in [0.15, 0.2) is 94.8 Å². The summed E-state index contributed by atoms with van der Waals surface area (Å²) < 4.78 is 90.4. The highest BCUT2D eigenvalue weighted by Crippen LogP contribution is 2.35. The monoisotopic (exact) mass is 914 g/mol. The molecule has 0 saturated heterocycles. The van der Waals surface area contributed by atoms with Crippen molar-refractivity contribution in [3.05, 3.63) is 119 Å². The van der Waals surface area contributed by atoms with Gasteiger partial charge in [0.15, 0.2) is 34.7 Å². The number of amides is 1. The van der Waals surface area contributed by atoms with Gasteiger partial charge >= 0.3 is 30.1 Å². The van der Waals surface area contributed by atoms with Crippen molar-refractivity contribution in [3.63, 3.8) is 0 Å². The van der Waals surface area contributed by atoms with Gasteiger partial charge in [0.25, 0.3) is 5.91 Å². The summed E-state index contributed by atoms with van der Waals surface area (Å²) in [6.45, 7) is 0.437. The van der Waals surface area contributed by atoms with Crippen molar-refractivity contribution in [2.45, 2.75) is 32.8 Å². The molecule has 0 spiro atoms. The summed E-state index contributed by atoms with van der Waals surface area (Å²) in [4.78, 5) is 51.1. The Morgan fingerprint density at radius 1 is 0.651 bits per heavy atom. The normalized spacial score (nSPS) is 11.4. The van der Waals surface area contributed by atoms with Gasteiger partial charge in [-0.2, -0.15) is 36.3 Å². The number of rotatable bonds is 12. The van der Waals surface area contributed by atoms with Crippen LogP contribution >= 0.6 is 22.7 Å². The Morgan fingerprint density at radius 2 is 1.10 bits per heavy atom. The number of carboxylic acids is 1. The molecule has 8 aromatic rings. The SMILES string of the molecule is NC(=O)c1ccc(N(Cc2ccc(-c3noc(C(F)(F)F)n3)s2)c2cnccn2)nn1.O=C(O)c1ccc(N(Cc2ccc(-c3noc(C(F)(F)F)n3)s2)c2cnccn2)nn1.[2H]C. The van der Waals surface area contributed by atoms with Gasteiger partial charge in [0.1, 0.15) is 0 Å². The molecule has 8 rings (SSSR count). The van der Waals surface area contributed by atoms with Gasteiger partial charge in [-0.3, -0.25) is 14.8 Å². The second kappa shape index (κ2) is 18.8. The summed E-state index contributed by atoms with van der Waals surface area (Å²) >= 11 is 2.32. The summed E-state index contributed by atoms with van der Waals surface area (Å²) in [6.07, 6.45) is -0.508. The van der Waals surface area contributed by atoms with Crippen LogP contribution in [0.2, 0.25) is 0 Å². The zero-order chi connectivity index (χ0) is 46.0. The van der Waals surface area contributed by atoms with Gasteiger partial charge in [0.2, 0.25) is 11.6 Å². The van der Waals surface area contributed by atoms with Crippen molar-refractivity contribution in [3.8, 4) is 21.4 Å². The Labute approximate surface area is 357 Å². The average molecular weight is 915 g/mol. The molecule has 8 aromatic heterocycles. The summed E-state index contributed by atoms with van der Waals surface area (Å²) in [5.74, 6) is -3.60. The van der Waals surface area contributed by atoms with Gasteiger partial charge in [-0.15, -0.1) is 43.1 Å². The molecule has 28 heteroatoms. The third-order valence-corrected chi connectivity index (χ3v) is 9.84. The van der Waals surface area contributed by atoms with Crippen LogP contribution in [0.3, 0.4) is 0 Å². The molecule has 0 atom stereocenters. The van der Waals surface area contributed by atoms with Gasteiger partial charge in [0.05, 0.1) is 35.2 Å². The summed E-state index contributed by atoms with van der Waals surface area (Å²) in [7, 11) is 1.25. The molecule has 0 unspecified atom stereocenters. The van der Waals surface area contributed by atoms with Crippen LogP contribution < -0.4 is 15.5 Å². The minimum atomic E-state index is -4.73. The van der Waals surface area contributed by atoms with E-state index in [0.717, 1.165) is 16.2 Å². The van der Waals surface area contributed by atoms with E-state index in [1.165, 1.54) is 74.1 Å². The smallest absolute Gasteiger partial charge is 0.471 e. The van der Waals surface area contributed by atoms with Crippen molar-refractivity contribution < 1.29 is 51.5 Å². The van der Waals surface area contributed by atoms with Crippen molar-refractivity contribution in [2.24, 2.45) is 5.73 Å². The Kier molecular flexibility index (Phi) is 12.9. The number of hydrogen-bond acceptors (Lipinski definition) is 20. The molecule has 0 saturated carbocycles. The van der Waals surface area contributed by atoms with E-state index in [1.54, 1.807) is 40.1 Å². The first-order valence-corrected chi connectivity index (χ1v) is 18.5. The fourth-order valence-corrected chi connectivity index (χ4v) is 6.80. The first-order valence-electron chi connectivity index (χ1n) is 17.9. The maximum Gasteiger partial charge on any atom is 0.471 e. The van der Waals surface area contributed by atoms with Crippen molar-refractivity contribution >= 4 is 57.8 Å². The number of carbonyl (C=O) groups excluding carboxylic acids is 1. The number of carboxylic acid groups (broad SMARTS) is 1. The lowest BCUT2D eigenvalue weighted by Gasteiger charge is -2.21. The molecule has 0 radical (unpaired) electrons. The minimum Gasteiger partial charge on any atom is -0.476 e.